The molecule has 0 bridgehead atoms. The third-order valence-electron chi connectivity index (χ3n) is 2.02. The molecule has 0 unspecified atom stereocenters. The molecule has 2 rings (SSSR count). The predicted octanol–water partition coefficient (Wildman–Crippen LogP) is 0.874. The maximum absolute atomic E-state index is 10.6. The number of aromatic carboxylic acids is 1. The summed E-state index contributed by atoms with van der Waals surface area (Å²) in [5.41, 5.74) is 0.388. The zero-order valence-corrected chi connectivity index (χ0v) is 8.35. The first-order chi connectivity index (χ1) is 8.08. The third-order valence-corrected chi connectivity index (χ3v) is 2.02. The first-order valence-corrected chi connectivity index (χ1v) is 4.46. The Morgan fingerprint density at radius 3 is 2.65 bits per heavy atom. The highest BCUT2D eigenvalue weighted by Crippen LogP contribution is 2.11. The van der Waals surface area contributed by atoms with Gasteiger partial charge in [0.25, 0.3) is 0 Å². The lowest BCUT2D eigenvalue weighted by atomic mass is 10.4. The Morgan fingerprint density at radius 1 is 1.41 bits per heavy atom. The molecule has 0 atom stereocenters. The Bertz CT molecular complexity index is 575. The summed E-state index contributed by atoms with van der Waals surface area (Å²) in [6, 6.07) is 2.69. The van der Waals surface area contributed by atoms with Crippen molar-refractivity contribution in [3.05, 3.63) is 46.7 Å². The molecule has 17 heavy (non-hydrogen) atoms. The van der Waals surface area contributed by atoms with Crippen molar-refractivity contribution < 1.29 is 14.8 Å². The minimum atomic E-state index is -1.14. The molecular formula is C9H6N4O4. The molecular weight excluding hydrogens is 228 g/mol. The molecule has 0 saturated heterocycles. The monoisotopic (exact) mass is 234 g/mol. The molecule has 2 heterocycles. The topological polar surface area (TPSA) is 111 Å². The highest BCUT2D eigenvalue weighted by molar-refractivity contribution is 5.85. The lowest BCUT2D eigenvalue weighted by Gasteiger charge is -1.97. The summed E-state index contributed by atoms with van der Waals surface area (Å²) >= 11 is 0. The number of pyridine rings is 1. The van der Waals surface area contributed by atoms with Gasteiger partial charge in [-0.05, 0) is 16.0 Å². The van der Waals surface area contributed by atoms with E-state index in [4.69, 9.17) is 5.11 Å². The van der Waals surface area contributed by atoms with E-state index in [1.165, 1.54) is 35.4 Å². The van der Waals surface area contributed by atoms with Crippen LogP contribution in [0.4, 0.5) is 5.82 Å². The number of aromatic nitrogens is 3. The van der Waals surface area contributed by atoms with Gasteiger partial charge in [-0.3, -0.25) is 0 Å². The fraction of sp³-hybridized carbons (Fsp3) is 0. The van der Waals surface area contributed by atoms with E-state index in [1.807, 2.05) is 0 Å². The number of nitrogens with zero attached hydrogens (tertiary/aromatic N) is 4. The summed E-state index contributed by atoms with van der Waals surface area (Å²) < 4.78 is 1.42. The van der Waals surface area contributed by atoms with E-state index in [-0.39, 0.29) is 11.5 Å². The number of imidazole rings is 1. The van der Waals surface area contributed by atoms with Crippen LogP contribution in [-0.2, 0) is 0 Å². The van der Waals surface area contributed by atoms with E-state index < -0.39 is 10.9 Å². The molecule has 0 spiro atoms. The third kappa shape index (κ3) is 2.09. The zero-order chi connectivity index (χ0) is 12.4. The molecule has 0 amide bonds. The summed E-state index contributed by atoms with van der Waals surface area (Å²) in [5, 5.41) is 19.1. The summed E-state index contributed by atoms with van der Waals surface area (Å²) in [4.78, 5) is 27.7. The molecule has 0 aliphatic heterocycles. The Labute approximate surface area is 94.3 Å². The summed E-state index contributed by atoms with van der Waals surface area (Å²) in [6.07, 6.45) is 3.86. The molecule has 8 heteroatoms. The van der Waals surface area contributed by atoms with Crippen LogP contribution in [0.25, 0.3) is 5.69 Å². The van der Waals surface area contributed by atoms with E-state index in [1.54, 1.807) is 0 Å². The van der Waals surface area contributed by atoms with Gasteiger partial charge in [0.15, 0.2) is 11.9 Å². The lowest BCUT2D eigenvalue weighted by molar-refractivity contribution is -0.389. The first-order valence-electron chi connectivity index (χ1n) is 4.46. The molecule has 8 nitrogen and oxygen atoms in total. The van der Waals surface area contributed by atoms with Gasteiger partial charge in [-0.25, -0.2) is 9.78 Å². The number of carbonyl (C=O) groups is 1. The standard InChI is InChI=1S/C9H6N4O4/c14-9(15)7-4-12(5-11-7)6-1-2-8(10-3-6)13(16)17/h1-5H,(H,14,15). The number of hydrogen-bond donors (Lipinski definition) is 1. The van der Waals surface area contributed by atoms with Gasteiger partial charge in [0.1, 0.15) is 6.33 Å². The fourth-order valence-corrected chi connectivity index (χ4v) is 1.21. The minimum absolute atomic E-state index is 0.108. The van der Waals surface area contributed by atoms with Crippen LogP contribution in [0.5, 0.6) is 0 Å². The molecule has 2 aromatic heterocycles. The van der Waals surface area contributed by atoms with Gasteiger partial charge in [0, 0.05) is 12.3 Å². The van der Waals surface area contributed by atoms with E-state index in [9.17, 15) is 14.9 Å². The molecule has 2 aromatic rings. The van der Waals surface area contributed by atoms with Crippen LogP contribution < -0.4 is 0 Å². The number of nitro groups is 1. The van der Waals surface area contributed by atoms with Crippen LogP contribution in [0.1, 0.15) is 10.5 Å². The van der Waals surface area contributed by atoms with Crippen molar-refractivity contribution in [1.29, 1.82) is 0 Å². The second-order valence-electron chi connectivity index (χ2n) is 3.10. The molecule has 86 valence electrons. The Kier molecular flexibility index (Phi) is 2.53. The molecule has 0 aliphatic carbocycles. The average molecular weight is 234 g/mol. The van der Waals surface area contributed by atoms with E-state index in [0.717, 1.165) is 0 Å². The highest BCUT2D eigenvalue weighted by Gasteiger charge is 2.10. The molecule has 1 N–H and O–H groups in total. The van der Waals surface area contributed by atoms with Crippen molar-refractivity contribution in [2.24, 2.45) is 0 Å². The van der Waals surface area contributed by atoms with E-state index in [2.05, 4.69) is 9.97 Å². The minimum Gasteiger partial charge on any atom is -0.476 e. The lowest BCUT2D eigenvalue weighted by Crippen LogP contribution is -1.97. The quantitative estimate of drug-likeness (QED) is 0.623. The molecule has 0 saturated carbocycles. The van der Waals surface area contributed by atoms with Gasteiger partial charge < -0.3 is 19.8 Å². The summed E-state index contributed by atoms with van der Waals surface area (Å²) in [6.45, 7) is 0. The molecule has 0 aromatic carbocycles. The van der Waals surface area contributed by atoms with E-state index >= 15 is 0 Å². The SMILES string of the molecule is O=C(O)c1cn(-c2ccc([N+](=O)[O-])nc2)cn1. The Balaban J connectivity index is 2.33. The maximum atomic E-state index is 10.6. The van der Waals surface area contributed by atoms with Crippen LogP contribution in [0.3, 0.4) is 0 Å². The normalized spacial score (nSPS) is 10.1. The van der Waals surface area contributed by atoms with Gasteiger partial charge in [-0.15, -0.1) is 0 Å². The second-order valence-corrected chi connectivity index (χ2v) is 3.10. The number of carboxylic acid groups (broad SMARTS) is 1. The van der Waals surface area contributed by atoms with Gasteiger partial charge in [-0.2, -0.15) is 0 Å². The van der Waals surface area contributed by atoms with Crippen LogP contribution >= 0.6 is 0 Å². The zero-order valence-electron chi connectivity index (χ0n) is 8.35. The van der Waals surface area contributed by atoms with Crippen LogP contribution in [0, 0.1) is 10.1 Å². The van der Waals surface area contributed by atoms with Crippen molar-refractivity contribution in [2.75, 3.05) is 0 Å². The molecule has 0 fully saturated rings. The summed E-state index contributed by atoms with van der Waals surface area (Å²) in [7, 11) is 0. The van der Waals surface area contributed by atoms with E-state index in [0.29, 0.717) is 5.69 Å². The van der Waals surface area contributed by atoms with Crippen molar-refractivity contribution in [3.63, 3.8) is 0 Å². The Morgan fingerprint density at radius 2 is 2.18 bits per heavy atom. The van der Waals surface area contributed by atoms with Crippen LogP contribution in [-0.4, -0.2) is 30.5 Å². The van der Waals surface area contributed by atoms with Gasteiger partial charge in [0.2, 0.25) is 0 Å². The highest BCUT2D eigenvalue weighted by atomic mass is 16.6. The van der Waals surface area contributed by atoms with Crippen LogP contribution in [0.2, 0.25) is 0 Å². The predicted molar refractivity (Wildman–Crippen MR) is 55.0 cm³/mol. The average Bonchev–Trinajstić information content (AvgIpc) is 2.78. The van der Waals surface area contributed by atoms with Gasteiger partial charge in [0.05, 0.1) is 5.69 Å². The van der Waals surface area contributed by atoms with Crippen molar-refractivity contribution >= 4 is 11.8 Å². The largest absolute Gasteiger partial charge is 0.476 e. The van der Waals surface area contributed by atoms with Gasteiger partial charge >= 0.3 is 11.8 Å². The van der Waals surface area contributed by atoms with Crippen molar-refractivity contribution in [3.8, 4) is 5.69 Å². The maximum Gasteiger partial charge on any atom is 0.363 e. The molecule has 0 radical (unpaired) electrons. The summed E-state index contributed by atoms with van der Waals surface area (Å²) in [5.74, 6) is -1.41. The van der Waals surface area contributed by atoms with Gasteiger partial charge in [-0.1, -0.05) is 0 Å². The smallest absolute Gasteiger partial charge is 0.363 e. The van der Waals surface area contributed by atoms with Crippen LogP contribution in [0.15, 0.2) is 30.9 Å². The fourth-order valence-electron chi connectivity index (χ4n) is 1.21. The number of carboxylic acids is 1. The first kappa shape index (κ1) is 10.7. The number of hydrogen-bond acceptors (Lipinski definition) is 5. The van der Waals surface area contributed by atoms with Crippen molar-refractivity contribution in [2.45, 2.75) is 0 Å². The van der Waals surface area contributed by atoms with Crippen molar-refractivity contribution in [1.82, 2.24) is 14.5 Å². The number of rotatable bonds is 3. The molecule has 0 aliphatic rings. The Hall–Kier alpha value is -2.77. The second kappa shape index (κ2) is 4.00.